The summed E-state index contributed by atoms with van der Waals surface area (Å²) in [6.45, 7) is 1.09. The molecule has 2 aliphatic heterocycles. The number of benzene rings is 1. The first-order valence-electron chi connectivity index (χ1n) is 8.31. The topological polar surface area (TPSA) is 84.0 Å². The molecule has 2 saturated heterocycles. The Morgan fingerprint density at radius 2 is 1.60 bits per heavy atom. The lowest BCUT2D eigenvalue weighted by atomic mass is 9.89. The smallest absolute Gasteiger partial charge is 0.243 e. The number of ether oxygens (including phenoxy) is 1. The van der Waals surface area contributed by atoms with Crippen LogP contribution in [0.25, 0.3) is 0 Å². The maximum Gasteiger partial charge on any atom is 0.243 e. The number of hydrogen-bond acceptors (Lipinski definition) is 5. The van der Waals surface area contributed by atoms with Gasteiger partial charge in [0.2, 0.25) is 20.0 Å². The molecule has 7 nitrogen and oxygen atoms in total. The fraction of sp³-hybridized carbons (Fsp3) is 0.625. The van der Waals surface area contributed by atoms with Crippen molar-refractivity contribution >= 4 is 20.0 Å². The zero-order valence-electron chi connectivity index (χ0n) is 14.5. The van der Waals surface area contributed by atoms with Crippen molar-refractivity contribution in [1.29, 1.82) is 0 Å². The van der Waals surface area contributed by atoms with Crippen molar-refractivity contribution in [2.45, 2.75) is 36.1 Å². The van der Waals surface area contributed by atoms with Gasteiger partial charge in [0.05, 0.1) is 18.3 Å². The largest absolute Gasteiger partial charge is 0.497 e. The first kappa shape index (κ1) is 18.6. The summed E-state index contributed by atoms with van der Waals surface area (Å²) in [6.07, 6.45) is 4.03. The van der Waals surface area contributed by atoms with Gasteiger partial charge >= 0.3 is 0 Å². The minimum atomic E-state index is -3.66. The van der Waals surface area contributed by atoms with Gasteiger partial charge in [0.15, 0.2) is 0 Å². The Labute approximate surface area is 149 Å². The molecule has 3 rings (SSSR count). The molecule has 1 spiro atoms. The Balaban J connectivity index is 1.90. The SMILES string of the molecule is COc1ccc(S(=O)(=O)N2CCC[C@@]3(CCCN3S(C)(=O)=O)C2)cc1. The van der Waals surface area contributed by atoms with E-state index in [1.165, 1.54) is 34.1 Å². The second kappa shape index (κ2) is 6.53. The van der Waals surface area contributed by atoms with E-state index < -0.39 is 25.6 Å². The second-order valence-corrected chi connectivity index (χ2v) is 10.6. The molecule has 1 atom stereocenters. The molecular formula is C16H24N2O5S2. The normalized spacial score (nSPS) is 26.2. The van der Waals surface area contributed by atoms with Gasteiger partial charge < -0.3 is 4.74 Å². The number of rotatable bonds is 4. The van der Waals surface area contributed by atoms with Gasteiger partial charge in [0, 0.05) is 25.2 Å². The summed E-state index contributed by atoms with van der Waals surface area (Å²) in [6, 6.07) is 6.28. The van der Waals surface area contributed by atoms with Crippen LogP contribution < -0.4 is 4.74 Å². The highest BCUT2D eigenvalue weighted by atomic mass is 32.2. The van der Waals surface area contributed by atoms with Crippen LogP contribution in [0.4, 0.5) is 0 Å². The van der Waals surface area contributed by atoms with Crippen molar-refractivity contribution in [2.75, 3.05) is 33.0 Å². The lowest BCUT2D eigenvalue weighted by molar-refractivity contribution is 0.138. The fourth-order valence-corrected chi connectivity index (χ4v) is 6.97. The standard InChI is InChI=1S/C16H24N2O5S2/c1-23-14-5-7-15(8-6-14)25(21,22)17-11-3-9-16(13-17)10-4-12-18(16)24(2,19)20/h5-8H,3-4,9-13H2,1-2H3/t16-/m1/s1. The summed E-state index contributed by atoms with van der Waals surface area (Å²) in [7, 11) is -5.50. The number of nitrogens with zero attached hydrogens (tertiary/aromatic N) is 2. The molecule has 0 saturated carbocycles. The van der Waals surface area contributed by atoms with E-state index in [2.05, 4.69) is 0 Å². The highest BCUT2D eigenvalue weighted by molar-refractivity contribution is 7.89. The van der Waals surface area contributed by atoms with Gasteiger partial charge in [-0.15, -0.1) is 0 Å². The minimum Gasteiger partial charge on any atom is -0.497 e. The van der Waals surface area contributed by atoms with E-state index in [0.717, 1.165) is 6.42 Å². The van der Waals surface area contributed by atoms with E-state index in [1.54, 1.807) is 12.1 Å². The molecule has 25 heavy (non-hydrogen) atoms. The van der Waals surface area contributed by atoms with Crippen molar-refractivity contribution in [3.05, 3.63) is 24.3 Å². The quantitative estimate of drug-likeness (QED) is 0.776. The van der Waals surface area contributed by atoms with Crippen molar-refractivity contribution in [1.82, 2.24) is 8.61 Å². The summed E-state index contributed by atoms with van der Waals surface area (Å²) < 4.78 is 58.3. The van der Waals surface area contributed by atoms with Crippen LogP contribution in [0, 0.1) is 0 Å². The van der Waals surface area contributed by atoms with Gasteiger partial charge in [-0.3, -0.25) is 0 Å². The van der Waals surface area contributed by atoms with Gasteiger partial charge in [-0.25, -0.2) is 16.8 Å². The van der Waals surface area contributed by atoms with Crippen LogP contribution in [-0.2, 0) is 20.0 Å². The van der Waals surface area contributed by atoms with Crippen molar-refractivity contribution in [2.24, 2.45) is 0 Å². The lowest BCUT2D eigenvalue weighted by Crippen LogP contribution is -2.58. The molecule has 2 fully saturated rings. The monoisotopic (exact) mass is 388 g/mol. The zero-order valence-corrected chi connectivity index (χ0v) is 16.1. The molecule has 1 aromatic rings. The highest BCUT2D eigenvalue weighted by Crippen LogP contribution is 2.40. The number of methoxy groups -OCH3 is 1. The molecule has 0 bridgehead atoms. The molecule has 0 aromatic heterocycles. The van der Waals surface area contributed by atoms with Gasteiger partial charge in [0.1, 0.15) is 5.75 Å². The molecule has 140 valence electrons. The van der Waals surface area contributed by atoms with Gasteiger partial charge in [-0.2, -0.15) is 8.61 Å². The van der Waals surface area contributed by atoms with Crippen molar-refractivity contribution in [3.63, 3.8) is 0 Å². The third-order valence-electron chi connectivity index (χ3n) is 5.15. The van der Waals surface area contributed by atoms with Crippen LogP contribution in [-0.4, -0.2) is 64.0 Å². The van der Waals surface area contributed by atoms with Crippen LogP contribution in [0.3, 0.4) is 0 Å². The molecule has 0 aliphatic carbocycles. The van der Waals surface area contributed by atoms with E-state index in [9.17, 15) is 16.8 Å². The Kier molecular flexibility index (Phi) is 4.87. The number of hydrogen-bond donors (Lipinski definition) is 0. The highest BCUT2D eigenvalue weighted by Gasteiger charge is 2.49. The molecule has 2 heterocycles. The van der Waals surface area contributed by atoms with Gasteiger partial charge in [-0.1, -0.05) is 0 Å². The predicted octanol–water partition coefficient (Wildman–Crippen LogP) is 1.27. The Bertz CT molecular complexity index is 836. The van der Waals surface area contributed by atoms with Crippen LogP contribution in [0.2, 0.25) is 0 Å². The third-order valence-corrected chi connectivity index (χ3v) is 8.38. The third kappa shape index (κ3) is 3.42. The molecule has 0 amide bonds. The number of piperidine rings is 1. The second-order valence-electron chi connectivity index (χ2n) is 6.78. The zero-order chi connectivity index (χ0) is 18.3. The van der Waals surface area contributed by atoms with E-state index in [4.69, 9.17) is 4.74 Å². The summed E-state index contributed by atoms with van der Waals surface area (Å²) in [5, 5.41) is 0. The van der Waals surface area contributed by atoms with Crippen molar-refractivity contribution in [3.8, 4) is 5.75 Å². The summed E-state index contributed by atoms with van der Waals surface area (Å²) in [5.74, 6) is 0.591. The van der Waals surface area contributed by atoms with E-state index in [1.807, 2.05) is 0 Å². The van der Waals surface area contributed by atoms with Crippen LogP contribution in [0.15, 0.2) is 29.2 Å². The molecule has 0 N–H and O–H groups in total. The predicted molar refractivity (Wildman–Crippen MR) is 94.5 cm³/mol. The maximum atomic E-state index is 13.0. The summed E-state index contributed by atoms with van der Waals surface area (Å²) in [4.78, 5) is 0.203. The Morgan fingerprint density at radius 1 is 1.00 bits per heavy atom. The van der Waals surface area contributed by atoms with Crippen molar-refractivity contribution < 1.29 is 21.6 Å². The Morgan fingerprint density at radius 3 is 2.16 bits per heavy atom. The van der Waals surface area contributed by atoms with Crippen LogP contribution in [0.5, 0.6) is 5.75 Å². The lowest BCUT2D eigenvalue weighted by Gasteiger charge is -2.44. The number of sulfonamides is 2. The van der Waals surface area contributed by atoms with E-state index in [-0.39, 0.29) is 11.4 Å². The molecule has 1 aromatic carbocycles. The molecule has 2 aliphatic rings. The van der Waals surface area contributed by atoms with Gasteiger partial charge in [0.25, 0.3) is 0 Å². The van der Waals surface area contributed by atoms with Crippen LogP contribution in [0.1, 0.15) is 25.7 Å². The molecule has 0 radical (unpaired) electrons. The minimum absolute atomic E-state index is 0.203. The van der Waals surface area contributed by atoms with E-state index >= 15 is 0 Å². The summed E-state index contributed by atoms with van der Waals surface area (Å²) >= 11 is 0. The fourth-order valence-electron chi connectivity index (χ4n) is 4.01. The first-order chi connectivity index (χ1) is 11.7. The molecular weight excluding hydrogens is 364 g/mol. The summed E-state index contributed by atoms with van der Waals surface area (Å²) in [5.41, 5.74) is -0.606. The van der Waals surface area contributed by atoms with E-state index in [0.29, 0.717) is 38.1 Å². The first-order valence-corrected chi connectivity index (χ1v) is 11.6. The molecule has 9 heteroatoms. The maximum absolute atomic E-state index is 13.0. The average Bonchev–Trinajstić information content (AvgIpc) is 2.98. The van der Waals surface area contributed by atoms with Gasteiger partial charge in [-0.05, 0) is 49.9 Å². The Hall–Kier alpha value is -1.16. The average molecular weight is 389 g/mol. The van der Waals surface area contributed by atoms with Crippen LogP contribution >= 0.6 is 0 Å². The molecule has 0 unspecified atom stereocenters.